The number of hydrogen-bond acceptors (Lipinski definition) is 5. The molecule has 0 aliphatic heterocycles. The first kappa shape index (κ1) is 18.4. The number of halogens is 2. The van der Waals surface area contributed by atoms with E-state index >= 15 is 0 Å². The summed E-state index contributed by atoms with van der Waals surface area (Å²) in [6, 6.07) is 7.78. The Bertz CT molecular complexity index is 691. The molecule has 1 saturated carbocycles. The zero-order valence-corrected chi connectivity index (χ0v) is 15.8. The summed E-state index contributed by atoms with van der Waals surface area (Å²) in [6.07, 6.45) is 0.803. The molecule has 2 unspecified atom stereocenters. The fraction of sp³-hybridized carbons (Fsp3) is 0.500. The van der Waals surface area contributed by atoms with Gasteiger partial charge in [-0.3, -0.25) is 0 Å². The molecule has 0 saturated heterocycles. The molecule has 1 aliphatic rings. The highest BCUT2D eigenvalue weighted by Crippen LogP contribution is 2.55. The van der Waals surface area contributed by atoms with Gasteiger partial charge >= 0.3 is 0 Å². The highest BCUT2D eigenvalue weighted by atomic mass is 79.9. The van der Waals surface area contributed by atoms with Crippen molar-refractivity contribution < 1.29 is 9.26 Å². The molecule has 1 fully saturated rings. The maximum atomic E-state index is 6.56. The molecule has 126 valence electrons. The maximum absolute atomic E-state index is 6.56. The molecule has 2 N–H and O–H groups in total. The zero-order chi connectivity index (χ0) is 16.0. The predicted octanol–water partition coefficient (Wildman–Crippen LogP) is 3.91. The van der Waals surface area contributed by atoms with Crippen molar-refractivity contribution in [1.82, 2.24) is 10.1 Å². The fourth-order valence-corrected chi connectivity index (χ4v) is 3.35. The van der Waals surface area contributed by atoms with Crippen LogP contribution in [0, 0.1) is 5.41 Å². The minimum atomic E-state index is -0.649. The summed E-state index contributed by atoms with van der Waals surface area (Å²) < 4.78 is 12.2. The summed E-state index contributed by atoms with van der Waals surface area (Å²) in [5.41, 5.74) is 6.56. The number of nitrogens with two attached hydrogens (primary N) is 1. The van der Waals surface area contributed by atoms with E-state index in [1.807, 2.05) is 31.2 Å². The Balaban J connectivity index is 0.00000192. The Kier molecular flexibility index (Phi) is 5.21. The molecule has 0 spiro atoms. The third-order valence-corrected chi connectivity index (χ3v) is 5.21. The summed E-state index contributed by atoms with van der Waals surface area (Å²) in [4.78, 5) is 4.53. The van der Waals surface area contributed by atoms with Crippen molar-refractivity contribution in [2.45, 2.75) is 38.8 Å². The molecule has 7 heteroatoms. The van der Waals surface area contributed by atoms with Gasteiger partial charge in [0.05, 0.1) is 6.10 Å². The Morgan fingerprint density at radius 3 is 2.78 bits per heavy atom. The Morgan fingerprint density at radius 1 is 1.43 bits per heavy atom. The minimum absolute atomic E-state index is 0. The van der Waals surface area contributed by atoms with E-state index in [-0.39, 0.29) is 23.9 Å². The van der Waals surface area contributed by atoms with E-state index in [0.29, 0.717) is 24.7 Å². The van der Waals surface area contributed by atoms with E-state index in [2.05, 4.69) is 39.9 Å². The molecule has 1 aromatic carbocycles. The van der Waals surface area contributed by atoms with Gasteiger partial charge in [0.1, 0.15) is 5.54 Å². The van der Waals surface area contributed by atoms with Crippen LogP contribution in [0.25, 0.3) is 11.4 Å². The number of ether oxygens (including phenoxy) is 1. The van der Waals surface area contributed by atoms with Gasteiger partial charge in [-0.15, -0.1) is 12.4 Å². The van der Waals surface area contributed by atoms with Crippen molar-refractivity contribution in [2.75, 3.05) is 6.61 Å². The molecule has 0 bridgehead atoms. The Labute approximate surface area is 150 Å². The summed E-state index contributed by atoms with van der Waals surface area (Å²) in [5.74, 6) is 1.03. The normalized spacial score (nSPS) is 25.5. The van der Waals surface area contributed by atoms with Crippen LogP contribution >= 0.6 is 28.3 Å². The molecule has 2 aromatic rings. The van der Waals surface area contributed by atoms with Crippen molar-refractivity contribution in [3.05, 3.63) is 34.6 Å². The van der Waals surface area contributed by atoms with Crippen LogP contribution in [0.15, 0.2) is 33.3 Å². The van der Waals surface area contributed by atoms with E-state index in [9.17, 15) is 0 Å². The van der Waals surface area contributed by atoms with Gasteiger partial charge in [0.15, 0.2) is 0 Å². The molecule has 2 atom stereocenters. The maximum Gasteiger partial charge on any atom is 0.247 e. The number of nitrogens with zero attached hydrogens (tertiary/aromatic N) is 2. The van der Waals surface area contributed by atoms with Crippen molar-refractivity contribution >= 4 is 28.3 Å². The number of aromatic nitrogens is 2. The van der Waals surface area contributed by atoms with E-state index in [0.717, 1.165) is 10.0 Å². The SMILES string of the molecule is CCOC1CC(N)(c2nc(-c3cccc(Br)c3)no2)C1(C)C.Cl. The minimum Gasteiger partial charge on any atom is -0.378 e. The summed E-state index contributed by atoms with van der Waals surface area (Å²) in [7, 11) is 0. The highest BCUT2D eigenvalue weighted by molar-refractivity contribution is 9.10. The Morgan fingerprint density at radius 2 is 2.17 bits per heavy atom. The molecule has 1 aliphatic carbocycles. The molecule has 5 nitrogen and oxygen atoms in total. The van der Waals surface area contributed by atoms with Crippen molar-refractivity contribution in [1.29, 1.82) is 0 Å². The lowest BCUT2D eigenvalue weighted by molar-refractivity contribution is -0.162. The molecule has 23 heavy (non-hydrogen) atoms. The second-order valence-electron chi connectivity index (χ2n) is 6.27. The first-order chi connectivity index (χ1) is 10.4. The van der Waals surface area contributed by atoms with Gasteiger partial charge in [-0.05, 0) is 19.1 Å². The molecule has 0 amide bonds. The van der Waals surface area contributed by atoms with Gasteiger partial charge in [-0.2, -0.15) is 4.98 Å². The third-order valence-electron chi connectivity index (χ3n) is 4.72. The third kappa shape index (κ3) is 2.93. The molecule has 0 radical (unpaired) electrons. The van der Waals surface area contributed by atoms with Gasteiger partial charge in [0.2, 0.25) is 11.7 Å². The topological polar surface area (TPSA) is 74.2 Å². The average Bonchev–Trinajstić information content (AvgIpc) is 2.97. The lowest BCUT2D eigenvalue weighted by Gasteiger charge is -2.56. The summed E-state index contributed by atoms with van der Waals surface area (Å²) in [6.45, 7) is 6.83. The second kappa shape index (κ2) is 6.51. The van der Waals surface area contributed by atoms with Gasteiger partial charge in [-0.1, -0.05) is 47.1 Å². The molecule has 3 rings (SSSR count). The van der Waals surface area contributed by atoms with Gasteiger partial charge in [0.25, 0.3) is 0 Å². The van der Waals surface area contributed by atoms with Crippen LogP contribution in [0.5, 0.6) is 0 Å². The van der Waals surface area contributed by atoms with Crippen LogP contribution in [-0.4, -0.2) is 22.9 Å². The lowest BCUT2D eigenvalue weighted by atomic mass is 9.54. The van der Waals surface area contributed by atoms with E-state index in [4.69, 9.17) is 15.0 Å². The number of benzene rings is 1. The van der Waals surface area contributed by atoms with E-state index in [1.54, 1.807) is 0 Å². The van der Waals surface area contributed by atoms with Crippen LogP contribution < -0.4 is 5.73 Å². The van der Waals surface area contributed by atoms with E-state index in [1.165, 1.54) is 0 Å². The first-order valence-corrected chi connectivity index (χ1v) is 8.18. The quantitative estimate of drug-likeness (QED) is 0.839. The fourth-order valence-electron chi connectivity index (χ4n) is 2.95. The van der Waals surface area contributed by atoms with Gasteiger partial charge in [0, 0.05) is 28.5 Å². The first-order valence-electron chi connectivity index (χ1n) is 7.39. The van der Waals surface area contributed by atoms with Crippen LogP contribution in [0.1, 0.15) is 33.1 Å². The predicted molar refractivity (Wildman–Crippen MR) is 94.4 cm³/mol. The number of hydrogen-bond donors (Lipinski definition) is 1. The van der Waals surface area contributed by atoms with Gasteiger partial charge in [-0.25, -0.2) is 0 Å². The molecule has 1 heterocycles. The van der Waals surface area contributed by atoms with E-state index < -0.39 is 5.54 Å². The summed E-state index contributed by atoms with van der Waals surface area (Å²) >= 11 is 3.45. The molecular weight excluding hydrogens is 382 g/mol. The zero-order valence-electron chi connectivity index (χ0n) is 13.4. The Hall–Kier alpha value is -0.950. The van der Waals surface area contributed by atoms with Crippen molar-refractivity contribution in [3.8, 4) is 11.4 Å². The summed E-state index contributed by atoms with van der Waals surface area (Å²) in [5, 5.41) is 4.08. The lowest BCUT2D eigenvalue weighted by Crippen LogP contribution is -2.67. The van der Waals surface area contributed by atoms with Crippen LogP contribution in [-0.2, 0) is 10.3 Å². The largest absolute Gasteiger partial charge is 0.378 e. The van der Waals surface area contributed by atoms with Crippen LogP contribution in [0.4, 0.5) is 0 Å². The van der Waals surface area contributed by atoms with Crippen molar-refractivity contribution in [3.63, 3.8) is 0 Å². The standard InChI is InChI=1S/C16H20BrN3O2.ClH/c1-4-21-12-9-16(18,15(12,2)3)14-19-13(20-22-14)10-6-5-7-11(17)8-10;/h5-8,12H,4,9,18H2,1-3H3;1H. The molecular formula is C16H21BrClN3O2. The highest BCUT2D eigenvalue weighted by Gasteiger charge is 2.62. The molecule has 1 aromatic heterocycles. The monoisotopic (exact) mass is 401 g/mol. The van der Waals surface area contributed by atoms with Gasteiger partial charge < -0.3 is 15.0 Å². The van der Waals surface area contributed by atoms with Crippen LogP contribution in [0.2, 0.25) is 0 Å². The smallest absolute Gasteiger partial charge is 0.247 e. The van der Waals surface area contributed by atoms with Crippen LogP contribution in [0.3, 0.4) is 0 Å². The van der Waals surface area contributed by atoms with Crippen molar-refractivity contribution in [2.24, 2.45) is 11.1 Å². The number of rotatable bonds is 4. The average molecular weight is 403 g/mol. The second-order valence-corrected chi connectivity index (χ2v) is 7.19.